The molecule has 8 heteroatoms. The molecule has 4 heterocycles. The number of carbonyl (C=O) groups is 1. The zero-order valence-electron chi connectivity index (χ0n) is 19.5. The Hall–Kier alpha value is -3.75. The molecule has 0 saturated carbocycles. The van der Waals surface area contributed by atoms with Gasteiger partial charge in [0.25, 0.3) is 0 Å². The molecule has 0 radical (unpaired) electrons. The first kappa shape index (κ1) is 21.5. The van der Waals surface area contributed by atoms with Gasteiger partial charge in [-0.2, -0.15) is 0 Å². The van der Waals surface area contributed by atoms with Gasteiger partial charge in [0.05, 0.1) is 6.04 Å². The molecule has 0 bridgehead atoms. The number of hydrogen-bond donors (Lipinski definition) is 0. The second-order valence-corrected chi connectivity index (χ2v) is 9.13. The molecule has 184 valence electrons. The lowest BCUT2D eigenvalue weighted by Gasteiger charge is -2.39. The number of esters is 1. The van der Waals surface area contributed by atoms with Crippen molar-refractivity contribution in [3.8, 4) is 23.0 Å². The number of nitrogens with zero attached hydrogens (tertiary/aromatic N) is 1. The fourth-order valence-corrected chi connectivity index (χ4v) is 5.49. The highest BCUT2D eigenvalue weighted by atomic mass is 16.6. The van der Waals surface area contributed by atoms with Crippen LogP contribution in [0.25, 0.3) is 0 Å². The molecule has 7 rings (SSSR count). The lowest BCUT2D eigenvalue weighted by Crippen LogP contribution is -2.49. The highest BCUT2D eigenvalue weighted by Gasteiger charge is 2.55. The van der Waals surface area contributed by atoms with Gasteiger partial charge in [0.15, 0.2) is 23.0 Å². The van der Waals surface area contributed by atoms with Crippen LogP contribution in [0.1, 0.15) is 35.1 Å². The summed E-state index contributed by atoms with van der Waals surface area (Å²) in [6, 6.07) is 20.7. The van der Waals surface area contributed by atoms with Gasteiger partial charge in [0.2, 0.25) is 0 Å². The Bertz CT molecular complexity index is 1300. The molecule has 0 amide bonds. The van der Waals surface area contributed by atoms with Crippen molar-refractivity contribution in [2.75, 3.05) is 33.0 Å². The summed E-state index contributed by atoms with van der Waals surface area (Å²) in [6.45, 7) is 2.17. The van der Waals surface area contributed by atoms with Crippen molar-refractivity contribution >= 4 is 5.97 Å². The van der Waals surface area contributed by atoms with E-state index in [1.807, 2.05) is 54.6 Å². The third-order valence-corrected chi connectivity index (χ3v) is 7.08. The molecule has 0 aliphatic carbocycles. The fraction of sp³-hybridized carbons (Fsp3) is 0.321. The number of cyclic esters (lactones) is 1. The van der Waals surface area contributed by atoms with E-state index < -0.39 is 18.4 Å². The summed E-state index contributed by atoms with van der Waals surface area (Å²) >= 11 is 0. The number of para-hydroxylation sites is 1. The van der Waals surface area contributed by atoms with E-state index in [1.165, 1.54) is 0 Å². The molecule has 4 aliphatic rings. The standard InChI is InChI=1S/C28H25NO7/c30-28-24-25(18-9-10-21-23(15-18)33-12-11-31-21)36-27(19-7-4-8-22-26(19)34-14-13-32-22)29(24)20(16-35-28)17-5-2-1-3-6-17/h1-10,15,20,24-25,27H,11-14,16H2/t20-,24+,25-,27+/m1/s1. The van der Waals surface area contributed by atoms with Crippen LogP contribution in [0.15, 0.2) is 66.7 Å². The van der Waals surface area contributed by atoms with E-state index in [0.29, 0.717) is 49.4 Å². The van der Waals surface area contributed by atoms with Crippen molar-refractivity contribution in [2.24, 2.45) is 0 Å². The van der Waals surface area contributed by atoms with Crippen LogP contribution in [0.4, 0.5) is 0 Å². The Labute approximate surface area is 208 Å². The van der Waals surface area contributed by atoms with E-state index in [1.54, 1.807) is 0 Å². The Morgan fingerprint density at radius 1 is 0.694 bits per heavy atom. The molecule has 4 aliphatic heterocycles. The van der Waals surface area contributed by atoms with Crippen molar-refractivity contribution in [3.05, 3.63) is 83.4 Å². The fourth-order valence-electron chi connectivity index (χ4n) is 5.49. The minimum Gasteiger partial charge on any atom is -0.486 e. The van der Waals surface area contributed by atoms with Crippen molar-refractivity contribution in [1.29, 1.82) is 0 Å². The summed E-state index contributed by atoms with van der Waals surface area (Å²) in [5, 5.41) is 0. The van der Waals surface area contributed by atoms with Crippen LogP contribution < -0.4 is 18.9 Å². The third-order valence-electron chi connectivity index (χ3n) is 7.08. The maximum atomic E-state index is 13.3. The average molecular weight is 488 g/mol. The summed E-state index contributed by atoms with van der Waals surface area (Å²) in [7, 11) is 0. The van der Waals surface area contributed by atoms with Gasteiger partial charge in [0, 0.05) is 5.56 Å². The molecule has 3 aromatic carbocycles. The van der Waals surface area contributed by atoms with Crippen LogP contribution in [0.2, 0.25) is 0 Å². The topological polar surface area (TPSA) is 75.7 Å². The lowest BCUT2D eigenvalue weighted by atomic mass is 9.96. The van der Waals surface area contributed by atoms with Gasteiger partial charge in [-0.25, -0.2) is 4.90 Å². The smallest absolute Gasteiger partial charge is 0.326 e. The quantitative estimate of drug-likeness (QED) is 0.514. The van der Waals surface area contributed by atoms with E-state index in [-0.39, 0.29) is 18.6 Å². The molecule has 0 spiro atoms. The van der Waals surface area contributed by atoms with Crippen LogP contribution in [0.5, 0.6) is 23.0 Å². The van der Waals surface area contributed by atoms with Crippen LogP contribution in [0, 0.1) is 0 Å². The maximum absolute atomic E-state index is 13.3. The molecule has 2 saturated heterocycles. The Balaban J connectivity index is 1.35. The SMILES string of the molecule is O=C1OC[C@H](c2ccccc2)N2[C@H]1[C@@H](c1ccc3c(c1)OCCO3)O[C@H]2c1cccc2c1OCCO2. The highest BCUT2D eigenvalue weighted by Crippen LogP contribution is 2.53. The van der Waals surface area contributed by atoms with Crippen molar-refractivity contribution in [2.45, 2.75) is 24.4 Å². The number of ether oxygens (including phenoxy) is 6. The molecule has 4 atom stereocenters. The van der Waals surface area contributed by atoms with Crippen LogP contribution >= 0.6 is 0 Å². The zero-order valence-corrected chi connectivity index (χ0v) is 19.5. The first-order valence-electron chi connectivity index (χ1n) is 12.2. The third kappa shape index (κ3) is 3.48. The number of benzene rings is 3. The number of rotatable bonds is 3. The maximum Gasteiger partial charge on any atom is 0.326 e. The van der Waals surface area contributed by atoms with E-state index in [2.05, 4.69) is 17.0 Å². The summed E-state index contributed by atoms with van der Waals surface area (Å²) in [4.78, 5) is 15.5. The van der Waals surface area contributed by atoms with Gasteiger partial charge >= 0.3 is 5.97 Å². The normalized spacial score (nSPS) is 26.7. The number of carbonyl (C=O) groups excluding carboxylic acids is 1. The van der Waals surface area contributed by atoms with E-state index >= 15 is 0 Å². The van der Waals surface area contributed by atoms with Crippen LogP contribution in [0.3, 0.4) is 0 Å². The Kier molecular flexibility index (Phi) is 5.22. The average Bonchev–Trinajstić information content (AvgIpc) is 3.34. The van der Waals surface area contributed by atoms with Crippen LogP contribution in [-0.4, -0.2) is 49.9 Å². The van der Waals surface area contributed by atoms with Gasteiger partial charge in [-0.3, -0.25) is 4.79 Å². The minimum atomic E-state index is -0.656. The first-order valence-corrected chi connectivity index (χ1v) is 12.2. The first-order chi connectivity index (χ1) is 17.8. The highest BCUT2D eigenvalue weighted by molar-refractivity contribution is 5.78. The molecule has 0 unspecified atom stereocenters. The predicted octanol–water partition coefficient (Wildman–Crippen LogP) is 3.97. The second-order valence-electron chi connectivity index (χ2n) is 9.13. The number of morpholine rings is 1. The summed E-state index contributed by atoms with van der Waals surface area (Å²) in [6.07, 6.45) is -1.13. The molecule has 0 N–H and O–H groups in total. The molecule has 8 nitrogen and oxygen atoms in total. The number of hydrogen-bond acceptors (Lipinski definition) is 8. The van der Waals surface area contributed by atoms with Crippen molar-refractivity contribution < 1.29 is 33.2 Å². The van der Waals surface area contributed by atoms with Gasteiger partial charge in [-0.05, 0) is 29.3 Å². The monoisotopic (exact) mass is 487 g/mol. The molecule has 3 aromatic rings. The van der Waals surface area contributed by atoms with Gasteiger partial charge in [-0.1, -0.05) is 48.5 Å². The minimum absolute atomic E-state index is 0.193. The Morgan fingerprint density at radius 3 is 2.33 bits per heavy atom. The van der Waals surface area contributed by atoms with Crippen LogP contribution in [-0.2, 0) is 14.3 Å². The largest absolute Gasteiger partial charge is 0.486 e. The van der Waals surface area contributed by atoms with Crippen molar-refractivity contribution in [3.63, 3.8) is 0 Å². The second kappa shape index (κ2) is 8.72. The van der Waals surface area contributed by atoms with E-state index in [4.69, 9.17) is 28.4 Å². The Morgan fingerprint density at radius 2 is 1.47 bits per heavy atom. The summed E-state index contributed by atoms with van der Waals surface area (Å²) < 4.78 is 35.9. The predicted molar refractivity (Wildman–Crippen MR) is 127 cm³/mol. The van der Waals surface area contributed by atoms with Gasteiger partial charge in [-0.15, -0.1) is 0 Å². The summed E-state index contributed by atoms with van der Waals surface area (Å²) in [5.74, 6) is 2.35. The lowest BCUT2D eigenvalue weighted by molar-refractivity contribution is -0.163. The molecular weight excluding hydrogens is 462 g/mol. The van der Waals surface area contributed by atoms with E-state index in [9.17, 15) is 4.79 Å². The van der Waals surface area contributed by atoms with Crippen molar-refractivity contribution in [1.82, 2.24) is 4.90 Å². The van der Waals surface area contributed by atoms with E-state index in [0.717, 1.165) is 16.7 Å². The summed E-state index contributed by atoms with van der Waals surface area (Å²) in [5.41, 5.74) is 2.70. The molecule has 36 heavy (non-hydrogen) atoms. The molecule has 2 fully saturated rings. The zero-order chi connectivity index (χ0) is 24.1. The molecule has 0 aromatic heterocycles. The number of fused-ring (bicyclic) bond motifs is 3. The van der Waals surface area contributed by atoms with Gasteiger partial charge in [0.1, 0.15) is 51.4 Å². The molecular formula is C28H25NO7. The van der Waals surface area contributed by atoms with Gasteiger partial charge < -0.3 is 28.4 Å².